The van der Waals surface area contributed by atoms with Crippen molar-refractivity contribution in [1.82, 2.24) is 0 Å². The van der Waals surface area contributed by atoms with Crippen LogP contribution in [0.4, 0.5) is 13.2 Å². The fourth-order valence-corrected chi connectivity index (χ4v) is 1.76. The lowest BCUT2D eigenvalue weighted by atomic mass is 9.92. The van der Waals surface area contributed by atoms with Crippen molar-refractivity contribution in [3.63, 3.8) is 0 Å². The van der Waals surface area contributed by atoms with Crippen molar-refractivity contribution in [3.05, 3.63) is 35.4 Å². The Morgan fingerprint density at radius 1 is 1.39 bits per heavy atom. The zero-order valence-corrected chi connectivity index (χ0v) is 10.00. The number of halogens is 3. The molecule has 0 amide bonds. The average molecular weight is 260 g/mol. The second-order valence-corrected chi connectivity index (χ2v) is 4.22. The lowest BCUT2D eigenvalue weighted by Crippen LogP contribution is -2.16. The van der Waals surface area contributed by atoms with Crippen molar-refractivity contribution < 1.29 is 23.1 Å². The summed E-state index contributed by atoms with van der Waals surface area (Å²) < 4.78 is 37.5. The minimum atomic E-state index is -4.38. The fourth-order valence-electron chi connectivity index (χ4n) is 1.76. The molecule has 1 atom stereocenters. The molecule has 0 aliphatic rings. The van der Waals surface area contributed by atoms with Crippen LogP contribution in [0, 0.1) is 5.92 Å². The molecule has 0 aromatic heterocycles. The highest BCUT2D eigenvalue weighted by atomic mass is 19.4. The van der Waals surface area contributed by atoms with Crippen LogP contribution < -0.4 is 0 Å². The largest absolute Gasteiger partial charge is 0.416 e. The first kappa shape index (κ1) is 14.7. The van der Waals surface area contributed by atoms with Crippen molar-refractivity contribution in [1.29, 1.82) is 0 Å². The second kappa shape index (κ2) is 6.00. The van der Waals surface area contributed by atoms with Gasteiger partial charge < -0.3 is 5.11 Å². The number of alkyl halides is 3. The maximum Gasteiger partial charge on any atom is 0.416 e. The number of carbonyl (C=O) groups excluding carboxylic acids is 1. The van der Waals surface area contributed by atoms with Gasteiger partial charge in [0.25, 0.3) is 0 Å². The van der Waals surface area contributed by atoms with E-state index in [9.17, 15) is 18.0 Å². The molecule has 0 spiro atoms. The predicted molar refractivity (Wildman–Crippen MR) is 61.0 cm³/mol. The summed E-state index contributed by atoms with van der Waals surface area (Å²) in [5.41, 5.74) is -0.259. The van der Waals surface area contributed by atoms with Gasteiger partial charge in [0.1, 0.15) is 5.78 Å². The van der Waals surface area contributed by atoms with Gasteiger partial charge in [-0.2, -0.15) is 13.2 Å². The van der Waals surface area contributed by atoms with Crippen LogP contribution in [0.5, 0.6) is 0 Å². The van der Waals surface area contributed by atoms with Gasteiger partial charge in [0.2, 0.25) is 0 Å². The van der Waals surface area contributed by atoms with Crippen molar-refractivity contribution in [3.8, 4) is 0 Å². The molecule has 5 heteroatoms. The summed E-state index contributed by atoms with van der Waals surface area (Å²) >= 11 is 0. The van der Waals surface area contributed by atoms with Gasteiger partial charge in [0.05, 0.1) is 5.56 Å². The molecule has 0 fully saturated rings. The van der Waals surface area contributed by atoms with Gasteiger partial charge in [-0.3, -0.25) is 4.79 Å². The fraction of sp³-hybridized carbons (Fsp3) is 0.462. The van der Waals surface area contributed by atoms with Gasteiger partial charge in [-0.25, -0.2) is 0 Å². The molecule has 1 unspecified atom stereocenters. The molecule has 18 heavy (non-hydrogen) atoms. The Labute approximate surface area is 103 Å². The SMILES string of the molecule is CC(=O)C(CCO)Cc1cccc(C(F)(F)F)c1. The normalized spacial score (nSPS) is 13.4. The van der Waals surface area contributed by atoms with Gasteiger partial charge in [-0.15, -0.1) is 0 Å². The van der Waals surface area contributed by atoms with Crippen LogP contribution in [-0.4, -0.2) is 17.5 Å². The second-order valence-electron chi connectivity index (χ2n) is 4.22. The molecule has 2 nitrogen and oxygen atoms in total. The van der Waals surface area contributed by atoms with Crippen molar-refractivity contribution in [2.24, 2.45) is 5.92 Å². The Bertz CT molecular complexity index is 413. The number of hydrogen-bond donors (Lipinski definition) is 1. The van der Waals surface area contributed by atoms with Crippen LogP contribution in [0.25, 0.3) is 0 Å². The molecule has 0 aliphatic heterocycles. The third kappa shape index (κ3) is 4.14. The van der Waals surface area contributed by atoms with Gasteiger partial charge in [0.15, 0.2) is 0 Å². The van der Waals surface area contributed by atoms with E-state index in [1.165, 1.54) is 13.0 Å². The van der Waals surface area contributed by atoms with Crippen molar-refractivity contribution >= 4 is 5.78 Å². The van der Waals surface area contributed by atoms with Gasteiger partial charge in [0, 0.05) is 12.5 Å². The topological polar surface area (TPSA) is 37.3 Å². The van der Waals surface area contributed by atoms with E-state index < -0.39 is 17.7 Å². The number of benzene rings is 1. The third-order valence-electron chi connectivity index (χ3n) is 2.79. The first-order chi connectivity index (χ1) is 8.34. The number of Topliss-reactive ketones (excluding diaryl/α,β-unsaturated/α-hetero) is 1. The van der Waals surface area contributed by atoms with E-state index in [2.05, 4.69) is 0 Å². The first-order valence-electron chi connectivity index (χ1n) is 5.62. The third-order valence-corrected chi connectivity index (χ3v) is 2.79. The molecule has 100 valence electrons. The molecule has 0 radical (unpaired) electrons. The molecule has 1 aromatic rings. The molecule has 1 N–H and O–H groups in total. The summed E-state index contributed by atoms with van der Waals surface area (Å²) in [7, 11) is 0. The number of hydrogen-bond acceptors (Lipinski definition) is 2. The Kier molecular flexibility index (Phi) is 4.90. The molecule has 1 aromatic carbocycles. The summed E-state index contributed by atoms with van der Waals surface area (Å²) in [5.74, 6) is -0.556. The molecular weight excluding hydrogens is 245 g/mol. The highest BCUT2D eigenvalue weighted by molar-refractivity contribution is 5.78. The summed E-state index contributed by atoms with van der Waals surface area (Å²) in [6.45, 7) is 1.23. The average Bonchev–Trinajstić information content (AvgIpc) is 2.27. The zero-order valence-electron chi connectivity index (χ0n) is 10.00. The number of rotatable bonds is 5. The molecule has 0 saturated heterocycles. The molecular formula is C13H15F3O2. The predicted octanol–water partition coefficient (Wildman–Crippen LogP) is 2.84. The van der Waals surface area contributed by atoms with Crippen molar-refractivity contribution in [2.45, 2.75) is 25.9 Å². The summed E-state index contributed by atoms with van der Waals surface area (Å²) in [6, 6.07) is 4.93. The van der Waals surface area contributed by atoms with E-state index in [0.717, 1.165) is 12.1 Å². The van der Waals surface area contributed by atoms with Crippen LogP contribution in [-0.2, 0) is 17.4 Å². The first-order valence-corrected chi connectivity index (χ1v) is 5.62. The van der Waals surface area contributed by atoms with E-state index in [0.29, 0.717) is 5.56 Å². The van der Waals surface area contributed by atoms with E-state index in [1.54, 1.807) is 6.07 Å². The van der Waals surface area contributed by atoms with Crippen LogP contribution in [0.3, 0.4) is 0 Å². The Hall–Kier alpha value is -1.36. The van der Waals surface area contributed by atoms with E-state index in [1.807, 2.05) is 0 Å². The van der Waals surface area contributed by atoms with Gasteiger partial charge in [-0.05, 0) is 31.4 Å². The lowest BCUT2D eigenvalue weighted by molar-refractivity contribution is -0.137. The lowest BCUT2D eigenvalue weighted by Gasteiger charge is -2.14. The van der Waals surface area contributed by atoms with Gasteiger partial charge >= 0.3 is 6.18 Å². The Morgan fingerprint density at radius 2 is 2.06 bits per heavy atom. The molecule has 0 aliphatic carbocycles. The number of aliphatic hydroxyl groups is 1. The minimum absolute atomic E-state index is 0.124. The molecule has 0 saturated carbocycles. The van der Waals surface area contributed by atoms with Crippen molar-refractivity contribution in [2.75, 3.05) is 6.61 Å². The monoisotopic (exact) mass is 260 g/mol. The quantitative estimate of drug-likeness (QED) is 0.883. The van der Waals surface area contributed by atoms with Crippen LogP contribution in [0.1, 0.15) is 24.5 Å². The maximum absolute atomic E-state index is 12.5. The maximum atomic E-state index is 12.5. The smallest absolute Gasteiger partial charge is 0.396 e. The Morgan fingerprint density at radius 3 is 2.56 bits per heavy atom. The summed E-state index contributed by atoms with van der Waals surface area (Å²) in [5, 5.41) is 8.82. The molecule has 1 rings (SSSR count). The highest BCUT2D eigenvalue weighted by Crippen LogP contribution is 2.30. The standard InChI is InChI=1S/C13H15F3O2/c1-9(18)11(5-6-17)7-10-3-2-4-12(8-10)13(14,15)16/h2-4,8,11,17H,5-7H2,1H3. The van der Waals surface area contributed by atoms with E-state index in [4.69, 9.17) is 5.11 Å². The minimum Gasteiger partial charge on any atom is -0.396 e. The number of carbonyl (C=O) groups is 1. The molecule has 0 heterocycles. The zero-order chi connectivity index (χ0) is 13.8. The summed E-state index contributed by atoms with van der Waals surface area (Å²) in [4.78, 5) is 11.3. The molecule has 0 bridgehead atoms. The summed E-state index contributed by atoms with van der Waals surface area (Å²) in [6.07, 6.45) is -3.88. The van der Waals surface area contributed by atoms with E-state index in [-0.39, 0.29) is 25.2 Å². The van der Waals surface area contributed by atoms with E-state index >= 15 is 0 Å². The van der Waals surface area contributed by atoms with Crippen LogP contribution in [0.2, 0.25) is 0 Å². The van der Waals surface area contributed by atoms with Gasteiger partial charge in [-0.1, -0.05) is 18.2 Å². The number of ketones is 1. The highest BCUT2D eigenvalue weighted by Gasteiger charge is 2.30. The number of aliphatic hydroxyl groups excluding tert-OH is 1. The van der Waals surface area contributed by atoms with Crippen LogP contribution >= 0.6 is 0 Å². The van der Waals surface area contributed by atoms with Crippen LogP contribution in [0.15, 0.2) is 24.3 Å². The Balaban J connectivity index is 2.87.